The molecule has 0 amide bonds. The van der Waals surface area contributed by atoms with E-state index in [2.05, 4.69) is 92.7 Å². The maximum atomic E-state index is 6.01. The zero-order chi connectivity index (χ0) is 19.3. The van der Waals surface area contributed by atoms with Gasteiger partial charge in [0, 0.05) is 5.56 Å². The number of nitrogens with zero attached hydrogens (tertiary/aromatic N) is 1. The quantitative estimate of drug-likeness (QED) is 0.501. The summed E-state index contributed by atoms with van der Waals surface area (Å²) in [7, 11) is 0. The van der Waals surface area contributed by atoms with Gasteiger partial charge in [-0.2, -0.15) is 0 Å². The fourth-order valence-corrected chi connectivity index (χ4v) is 3.43. The first-order valence-electron chi connectivity index (χ1n) is 9.85. The molecule has 140 valence electrons. The molecule has 2 heteroatoms. The van der Waals surface area contributed by atoms with Crippen LogP contribution in [0.4, 0.5) is 0 Å². The lowest BCUT2D eigenvalue weighted by Crippen LogP contribution is -2.13. The van der Waals surface area contributed by atoms with Crippen molar-refractivity contribution in [1.82, 2.24) is 0 Å². The molecule has 1 atom stereocenters. The highest BCUT2D eigenvalue weighted by Gasteiger charge is 2.25. The Balaban J connectivity index is 1.85. The Morgan fingerprint density at radius 1 is 0.893 bits per heavy atom. The highest BCUT2D eigenvalue weighted by atomic mass is 16.5. The standard InChI is InChI=1S/C26H25NO/c1-19(2)25-18-28-26(27-25)23-16-10-9-15-22(23)24(21-13-7-4-8-14-21)17-20-11-5-3-6-12-20/h3-17,19,25H,18H2,1-2H3/b24-17-. The monoisotopic (exact) mass is 367 g/mol. The van der Waals surface area contributed by atoms with Crippen LogP contribution in [0.2, 0.25) is 0 Å². The van der Waals surface area contributed by atoms with Gasteiger partial charge in [0.2, 0.25) is 5.90 Å². The Hall–Kier alpha value is -3.13. The molecule has 0 radical (unpaired) electrons. The van der Waals surface area contributed by atoms with Gasteiger partial charge in [-0.25, -0.2) is 4.99 Å². The molecule has 0 saturated carbocycles. The number of hydrogen-bond donors (Lipinski definition) is 0. The summed E-state index contributed by atoms with van der Waals surface area (Å²) < 4.78 is 6.01. The van der Waals surface area contributed by atoms with E-state index in [9.17, 15) is 0 Å². The van der Waals surface area contributed by atoms with Crippen LogP contribution in [0.1, 0.15) is 36.1 Å². The molecule has 0 aromatic heterocycles. The first-order chi connectivity index (χ1) is 13.7. The predicted octanol–water partition coefficient (Wildman–Crippen LogP) is 6.08. The third-order valence-corrected chi connectivity index (χ3v) is 5.09. The van der Waals surface area contributed by atoms with E-state index in [1.54, 1.807) is 0 Å². The van der Waals surface area contributed by atoms with E-state index in [1.165, 1.54) is 16.7 Å². The molecule has 0 spiro atoms. The fraction of sp³-hybridized carbons (Fsp3) is 0.192. The first kappa shape index (κ1) is 18.2. The van der Waals surface area contributed by atoms with Crippen LogP contribution in [-0.2, 0) is 4.74 Å². The molecule has 0 saturated heterocycles. The van der Waals surface area contributed by atoms with Crippen LogP contribution in [0.25, 0.3) is 11.6 Å². The lowest BCUT2D eigenvalue weighted by Gasteiger charge is -2.14. The highest BCUT2D eigenvalue weighted by molar-refractivity contribution is 6.04. The molecule has 3 aromatic carbocycles. The van der Waals surface area contributed by atoms with Crippen molar-refractivity contribution in [1.29, 1.82) is 0 Å². The fourth-order valence-electron chi connectivity index (χ4n) is 3.43. The van der Waals surface area contributed by atoms with E-state index in [-0.39, 0.29) is 6.04 Å². The maximum absolute atomic E-state index is 6.01. The van der Waals surface area contributed by atoms with Gasteiger partial charge in [-0.15, -0.1) is 0 Å². The van der Waals surface area contributed by atoms with Crippen LogP contribution < -0.4 is 0 Å². The number of aliphatic imine (C=N–C) groups is 1. The molecule has 1 heterocycles. The van der Waals surface area contributed by atoms with Gasteiger partial charge >= 0.3 is 0 Å². The van der Waals surface area contributed by atoms with Crippen molar-refractivity contribution < 1.29 is 4.74 Å². The van der Waals surface area contributed by atoms with Crippen LogP contribution in [0.15, 0.2) is 89.9 Å². The molecule has 1 unspecified atom stereocenters. The van der Waals surface area contributed by atoms with Crippen molar-refractivity contribution in [2.24, 2.45) is 10.9 Å². The Bertz CT molecular complexity index is 987. The summed E-state index contributed by atoms with van der Waals surface area (Å²) in [6.45, 7) is 5.04. The van der Waals surface area contributed by atoms with Crippen LogP contribution in [-0.4, -0.2) is 18.5 Å². The summed E-state index contributed by atoms with van der Waals surface area (Å²) in [5.41, 5.74) is 5.71. The number of rotatable bonds is 5. The van der Waals surface area contributed by atoms with E-state index < -0.39 is 0 Å². The molecule has 2 nitrogen and oxygen atoms in total. The molecule has 0 fully saturated rings. The molecular weight excluding hydrogens is 342 g/mol. The van der Waals surface area contributed by atoms with E-state index in [4.69, 9.17) is 9.73 Å². The maximum Gasteiger partial charge on any atom is 0.217 e. The highest BCUT2D eigenvalue weighted by Crippen LogP contribution is 2.30. The molecule has 0 aliphatic carbocycles. The summed E-state index contributed by atoms with van der Waals surface area (Å²) in [4.78, 5) is 4.87. The van der Waals surface area contributed by atoms with Crippen LogP contribution in [0.3, 0.4) is 0 Å². The lowest BCUT2D eigenvalue weighted by molar-refractivity contribution is 0.292. The van der Waals surface area contributed by atoms with Crippen molar-refractivity contribution in [2.75, 3.05) is 6.61 Å². The molecule has 0 bridgehead atoms. The third kappa shape index (κ3) is 3.91. The lowest BCUT2D eigenvalue weighted by atomic mass is 9.92. The number of benzene rings is 3. The smallest absolute Gasteiger partial charge is 0.217 e. The topological polar surface area (TPSA) is 21.6 Å². The normalized spacial score (nSPS) is 16.8. The van der Waals surface area contributed by atoms with E-state index >= 15 is 0 Å². The minimum atomic E-state index is 0.223. The minimum absolute atomic E-state index is 0.223. The van der Waals surface area contributed by atoms with Gasteiger partial charge in [0.05, 0.1) is 6.04 Å². The largest absolute Gasteiger partial charge is 0.475 e. The predicted molar refractivity (Wildman–Crippen MR) is 117 cm³/mol. The molecule has 28 heavy (non-hydrogen) atoms. The minimum Gasteiger partial charge on any atom is -0.475 e. The van der Waals surface area contributed by atoms with Crippen LogP contribution in [0, 0.1) is 5.92 Å². The SMILES string of the molecule is CC(C)C1COC(c2ccccc2/C(=C\c2ccccc2)c2ccccc2)=N1. The average molecular weight is 367 g/mol. The molecule has 0 N–H and O–H groups in total. The second-order valence-corrected chi connectivity index (χ2v) is 7.44. The zero-order valence-electron chi connectivity index (χ0n) is 16.4. The summed E-state index contributed by atoms with van der Waals surface area (Å²) in [6, 6.07) is 29.6. The third-order valence-electron chi connectivity index (χ3n) is 5.09. The zero-order valence-corrected chi connectivity index (χ0v) is 16.4. The van der Waals surface area contributed by atoms with Gasteiger partial charge in [0.15, 0.2) is 0 Å². The molecular formula is C26H25NO. The van der Waals surface area contributed by atoms with Gasteiger partial charge in [0.25, 0.3) is 0 Å². The number of ether oxygens (including phenoxy) is 1. The average Bonchev–Trinajstić information content (AvgIpc) is 3.24. The Morgan fingerprint density at radius 3 is 2.21 bits per heavy atom. The van der Waals surface area contributed by atoms with E-state index in [0.717, 1.165) is 17.0 Å². The van der Waals surface area contributed by atoms with Crippen molar-refractivity contribution in [2.45, 2.75) is 19.9 Å². The Labute approximate surface area is 167 Å². The number of hydrogen-bond acceptors (Lipinski definition) is 2. The van der Waals surface area contributed by atoms with E-state index in [0.29, 0.717) is 12.5 Å². The second-order valence-electron chi connectivity index (χ2n) is 7.44. The van der Waals surface area contributed by atoms with Gasteiger partial charge in [-0.3, -0.25) is 0 Å². The summed E-state index contributed by atoms with van der Waals surface area (Å²) in [5, 5.41) is 0. The van der Waals surface area contributed by atoms with E-state index in [1.807, 2.05) is 12.1 Å². The van der Waals surface area contributed by atoms with Crippen molar-refractivity contribution in [3.63, 3.8) is 0 Å². The van der Waals surface area contributed by atoms with Gasteiger partial charge < -0.3 is 4.74 Å². The molecule has 1 aliphatic rings. The van der Waals surface area contributed by atoms with Crippen LogP contribution in [0.5, 0.6) is 0 Å². The van der Waals surface area contributed by atoms with Crippen molar-refractivity contribution >= 4 is 17.5 Å². The summed E-state index contributed by atoms with van der Waals surface area (Å²) >= 11 is 0. The second kappa shape index (κ2) is 8.26. The van der Waals surface area contributed by atoms with Gasteiger partial charge in [0.1, 0.15) is 6.61 Å². The molecule has 4 rings (SSSR count). The molecule has 3 aromatic rings. The van der Waals surface area contributed by atoms with Gasteiger partial charge in [-0.1, -0.05) is 92.7 Å². The van der Waals surface area contributed by atoms with Gasteiger partial charge in [-0.05, 0) is 40.3 Å². The molecule has 1 aliphatic heterocycles. The van der Waals surface area contributed by atoms with Crippen molar-refractivity contribution in [3.05, 3.63) is 107 Å². The van der Waals surface area contributed by atoms with Crippen molar-refractivity contribution in [3.8, 4) is 0 Å². The summed E-state index contributed by atoms with van der Waals surface area (Å²) in [6.07, 6.45) is 2.24. The summed E-state index contributed by atoms with van der Waals surface area (Å²) in [5.74, 6) is 1.22. The first-order valence-corrected chi connectivity index (χ1v) is 9.85. The Kier molecular flexibility index (Phi) is 5.38. The van der Waals surface area contributed by atoms with Crippen LogP contribution >= 0.6 is 0 Å². The Morgan fingerprint density at radius 2 is 1.54 bits per heavy atom.